The van der Waals surface area contributed by atoms with Gasteiger partial charge >= 0.3 is 0 Å². The van der Waals surface area contributed by atoms with Crippen LogP contribution in [-0.4, -0.2) is 37.6 Å². The number of nitrogens with zero attached hydrogens (tertiary/aromatic N) is 1. The number of hydrogen-bond donors (Lipinski definition) is 1. The molecular weight excluding hydrogens is 196 g/mol. The van der Waals surface area contributed by atoms with Gasteiger partial charge in [-0.05, 0) is 32.4 Å². The van der Waals surface area contributed by atoms with Gasteiger partial charge in [-0.1, -0.05) is 29.8 Å². The Morgan fingerprint density at radius 2 is 2.31 bits per heavy atom. The molecule has 0 bridgehead atoms. The van der Waals surface area contributed by atoms with Crippen LogP contribution in [0.1, 0.15) is 17.5 Å². The monoisotopic (exact) mass is 218 g/mol. The van der Waals surface area contributed by atoms with Crippen LogP contribution in [0.15, 0.2) is 24.3 Å². The molecule has 1 aromatic carbocycles. The normalized spacial score (nSPS) is 22.2. The lowest BCUT2D eigenvalue weighted by atomic mass is 10.0. The standard InChI is InChI=1S/C14H22N2/c1-12-4-3-5-13(10-12)6-7-14-11-15-8-9-16(14)2/h3-5,10,14-15H,6-9,11H2,1-2H3. The van der Waals surface area contributed by atoms with E-state index in [0.717, 1.165) is 13.1 Å². The van der Waals surface area contributed by atoms with Crippen LogP contribution in [0.25, 0.3) is 0 Å². The molecule has 2 rings (SSSR count). The van der Waals surface area contributed by atoms with Crippen molar-refractivity contribution < 1.29 is 0 Å². The molecule has 1 atom stereocenters. The first-order valence-electron chi connectivity index (χ1n) is 6.22. The van der Waals surface area contributed by atoms with Crippen LogP contribution in [0.2, 0.25) is 0 Å². The van der Waals surface area contributed by atoms with Gasteiger partial charge in [-0.3, -0.25) is 0 Å². The van der Waals surface area contributed by atoms with Gasteiger partial charge in [0.25, 0.3) is 0 Å². The summed E-state index contributed by atoms with van der Waals surface area (Å²) >= 11 is 0. The largest absolute Gasteiger partial charge is 0.314 e. The van der Waals surface area contributed by atoms with E-state index in [1.165, 1.54) is 30.5 Å². The molecule has 2 heteroatoms. The fraction of sp³-hybridized carbons (Fsp3) is 0.571. The van der Waals surface area contributed by atoms with E-state index in [2.05, 4.69) is 48.5 Å². The number of aryl methyl sites for hydroxylation is 2. The van der Waals surface area contributed by atoms with E-state index in [1.54, 1.807) is 0 Å². The molecule has 0 amide bonds. The van der Waals surface area contributed by atoms with Gasteiger partial charge in [0.2, 0.25) is 0 Å². The summed E-state index contributed by atoms with van der Waals surface area (Å²) in [5, 5.41) is 3.47. The van der Waals surface area contributed by atoms with E-state index >= 15 is 0 Å². The SMILES string of the molecule is Cc1cccc(CCC2CNCCN2C)c1. The first-order chi connectivity index (χ1) is 7.75. The quantitative estimate of drug-likeness (QED) is 0.832. The first kappa shape index (κ1) is 11.6. The summed E-state index contributed by atoms with van der Waals surface area (Å²) in [5.74, 6) is 0. The highest BCUT2D eigenvalue weighted by Crippen LogP contribution is 2.11. The minimum Gasteiger partial charge on any atom is -0.314 e. The van der Waals surface area contributed by atoms with Crippen molar-refractivity contribution in [2.45, 2.75) is 25.8 Å². The fourth-order valence-corrected chi connectivity index (χ4v) is 2.39. The minimum atomic E-state index is 0.703. The van der Waals surface area contributed by atoms with E-state index < -0.39 is 0 Å². The maximum Gasteiger partial charge on any atom is 0.0221 e. The molecule has 2 nitrogen and oxygen atoms in total. The van der Waals surface area contributed by atoms with Gasteiger partial charge in [0.15, 0.2) is 0 Å². The molecular formula is C14H22N2. The predicted octanol–water partition coefficient (Wildman–Crippen LogP) is 1.83. The van der Waals surface area contributed by atoms with E-state index in [9.17, 15) is 0 Å². The van der Waals surface area contributed by atoms with Crippen molar-refractivity contribution in [1.29, 1.82) is 0 Å². The average Bonchev–Trinajstić information content (AvgIpc) is 2.28. The Morgan fingerprint density at radius 1 is 1.44 bits per heavy atom. The number of benzene rings is 1. The lowest BCUT2D eigenvalue weighted by Crippen LogP contribution is -2.49. The van der Waals surface area contributed by atoms with Gasteiger partial charge in [-0.2, -0.15) is 0 Å². The van der Waals surface area contributed by atoms with Crippen LogP contribution in [0.5, 0.6) is 0 Å². The number of nitrogens with one attached hydrogen (secondary N) is 1. The molecule has 0 aromatic heterocycles. The summed E-state index contributed by atoms with van der Waals surface area (Å²) in [7, 11) is 2.24. The van der Waals surface area contributed by atoms with Gasteiger partial charge in [-0.25, -0.2) is 0 Å². The minimum absolute atomic E-state index is 0.703. The highest BCUT2D eigenvalue weighted by atomic mass is 15.2. The lowest BCUT2D eigenvalue weighted by molar-refractivity contribution is 0.191. The van der Waals surface area contributed by atoms with Crippen LogP contribution in [0.4, 0.5) is 0 Å². The predicted molar refractivity (Wildman–Crippen MR) is 68.8 cm³/mol. The van der Waals surface area contributed by atoms with Crippen LogP contribution in [0.3, 0.4) is 0 Å². The van der Waals surface area contributed by atoms with Crippen molar-refractivity contribution in [2.24, 2.45) is 0 Å². The van der Waals surface area contributed by atoms with Crippen molar-refractivity contribution in [3.8, 4) is 0 Å². The number of rotatable bonds is 3. The summed E-state index contributed by atoms with van der Waals surface area (Å²) in [4.78, 5) is 2.48. The number of hydrogen-bond acceptors (Lipinski definition) is 2. The Balaban J connectivity index is 1.86. The highest BCUT2D eigenvalue weighted by Gasteiger charge is 2.17. The molecule has 1 N–H and O–H groups in total. The van der Waals surface area contributed by atoms with Crippen molar-refractivity contribution in [2.75, 3.05) is 26.7 Å². The molecule has 1 aliphatic rings. The molecule has 1 fully saturated rings. The zero-order valence-electron chi connectivity index (χ0n) is 10.4. The Bertz CT molecular complexity index is 335. The third-order valence-corrected chi connectivity index (χ3v) is 3.49. The molecule has 0 spiro atoms. The maximum atomic E-state index is 3.47. The summed E-state index contributed by atoms with van der Waals surface area (Å²) in [6.07, 6.45) is 2.45. The second kappa shape index (κ2) is 5.46. The van der Waals surface area contributed by atoms with Crippen LogP contribution < -0.4 is 5.32 Å². The summed E-state index contributed by atoms with van der Waals surface area (Å²) in [5.41, 5.74) is 2.84. The second-order valence-electron chi connectivity index (χ2n) is 4.87. The third-order valence-electron chi connectivity index (χ3n) is 3.49. The van der Waals surface area contributed by atoms with E-state index in [0.29, 0.717) is 6.04 Å². The van der Waals surface area contributed by atoms with Gasteiger partial charge < -0.3 is 10.2 Å². The van der Waals surface area contributed by atoms with Gasteiger partial charge in [-0.15, -0.1) is 0 Å². The molecule has 1 aliphatic heterocycles. The third kappa shape index (κ3) is 3.06. The molecule has 1 saturated heterocycles. The summed E-state index contributed by atoms with van der Waals surface area (Å²) in [6.45, 7) is 5.62. The number of likely N-dealkylation sites (N-methyl/N-ethyl adjacent to an activating group) is 1. The lowest BCUT2D eigenvalue weighted by Gasteiger charge is -2.33. The molecule has 16 heavy (non-hydrogen) atoms. The van der Waals surface area contributed by atoms with Gasteiger partial charge in [0, 0.05) is 25.7 Å². The fourth-order valence-electron chi connectivity index (χ4n) is 2.39. The zero-order valence-corrected chi connectivity index (χ0v) is 10.4. The molecule has 1 heterocycles. The van der Waals surface area contributed by atoms with Gasteiger partial charge in [0.1, 0.15) is 0 Å². The van der Waals surface area contributed by atoms with Crippen molar-refractivity contribution in [1.82, 2.24) is 10.2 Å². The second-order valence-corrected chi connectivity index (χ2v) is 4.87. The van der Waals surface area contributed by atoms with Crippen LogP contribution in [-0.2, 0) is 6.42 Å². The highest BCUT2D eigenvalue weighted by molar-refractivity contribution is 5.22. The molecule has 1 unspecified atom stereocenters. The number of piperazine rings is 1. The summed E-state index contributed by atoms with van der Waals surface area (Å²) < 4.78 is 0. The van der Waals surface area contributed by atoms with Crippen molar-refractivity contribution in [3.05, 3.63) is 35.4 Å². The molecule has 0 radical (unpaired) electrons. The Kier molecular flexibility index (Phi) is 3.97. The average molecular weight is 218 g/mol. The topological polar surface area (TPSA) is 15.3 Å². The zero-order chi connectivity index (χ0) is 11.4. The Labute approximate surface area is 98.7 Å². The Morgan fingerprint density at radius 3 is 3.06 bits per heavy atom. The van der Waals surface area contributed by atoms with Crippen LogP contribution >= 0.6 is 0 Å². The Hall–Kier alpha value is -0.860. The van der Waals surface area contributed by atoms with E-state index in [1.807, 2.05) is 0 Å². The smallest absolute Gasteiger partial charge is 0.0221 e. The van der Waals surface area contributed by atoms with Gasteiger partial charge in [0.05, 0.1) is 0 Å². The van der Waals surface area contributed by atoms with E-state index in [4.69, 9.17) is 0 Å². The molecule has 0 saturated carbocycles. The molecule has 1 aromatic rings. The summed E-state index contributed by atoms with van der Waals surface area (Å²) in [6, 6.07) is 9.57. The van der Waals surface area contributed by atoms with Crippen molar-refractivity contribution in [3.63, 3.8) is 0 Å². The molecule has 0 aliphatic carbocycles. The van der Waals surface area contributed by atoms with Crippen LogP contribution in [0, 0.1) is 6.92 Å². The van der Waals surface area contributed by atoms with E-state index in [-0.39, 0.29) is 0 Å². The van der Waals surface area contributed by atoms with Crippen molar-refractivity contribution >= 4 is 0 Å². The maximum absolute atomic E-state index is 3.47. The first-order valence-corrected chi connectivity index (χ1v) is 6.22. The molecule has 88 valence electrons.